The van der Waals surface area contributed by atoms with Gasteiger partial charge in [0.1, 0.15) is 0 Å². The van der Waals surface area contributed by atoms with E-state index in [9.17, 15) is 9.59 Å². The minimum Gasteiger partial charge on any atom is -0.289 e. The molecule has 2 rings (SSSR count). The molecule has 1 amide bonds. The van der Waals surface area contributed by atoms with Gasteiger partial charge in [0, 0.05) is 31.8 Å². The van der Waals surface area contributed by atoms with Crippen molar-refractivity contribution in [2.45, 2.75) is 13.3 Å². The molecule has 0 aliphatic carbocycles. The van der Waals surface area contributed by atoms with E-state index >= 15 is 0 Å². The van der Waals surface area contributed by atoms with Crippen LogP contribution < -0.4 is 4.90 Å². The highest BCUT2D eigenvalue weighted by molar-refractivity contribution is 6.43. The van der Waals surface area contributed by atoms with Crippen LogP contribution in [-0.4, -0.2) is 28.0 Å². The summed E-state index contributed by atoms with van der Waals surface area (Å²) in [5, 5.41) is 4.15. The van der Waals surface area contributed by atoms with E-state index in [2.05, 4.69) is 5.10 Å². The van der Waals surface area contributed by atoms with Crippen LogP contribution in [0.15, 0.2) is 6.07 Å². The number of aromatic nitrogens is 2. The predicted molar refractivity (Wildman–Crippen MR) is 49.9 cm³/mol. The second kappa shape index (κ2) is 2.94. The Labute approximate surface area is 81.3 Å². The van der Waals surface area contributed by atoms with Gasteiger partial charge in [-0.2, -0.15) is 5.10 Å². The lowest BCUT2D eigenvalue weighted by molar-refractivity contribution is -0.133. The lowest BCUT2D eigenvalue weighted by Crippen LogP contribution is -2.27. The molecule has 2 heterocycles. The van der Waals surface area contributed by atoms with Crippen LogP contribution in [0.5, 0.6) is 0 Å². The first-order valence-corrected chi connectivity index (χ1v) is 4.45. The zero-order chi connectivity index (χ0) is 10.3. The summed E-state index contributed by atoms with van der Waals surface area (Å²) >= 11 is 0. The smallest absolute Gasteiger partial charge is 0.289 e. The average molecular weight is 193 g/mol. The largest absolute Gasteiger partial charge is 0.295 e. The van der Waals surface area contributed by atoms with Gasteiger partial charge in [-0.05, 0) is 6.92 Å². The second-order valence-electron chi connectivity index (χ2n) is 3.40. The zero-order valence-corrected chi connectivity index (χ0v) is 8.15. The molecule has 0 N–H and O–H groups in total. The number of nitrogens with zero attached hydrogens (tertiary/aromatic N) is 3. The quantitative estimate of drug-likeness (QED) is 0.591. The van der Waals surface area contributed by atoms with Crippen molar-refractivity contribution in [1.82, 2.24) is 9.78 Å². The fraction of sp³-hybridized carbons (Fsp3) is 0.444. The lowest BCUT2D eigenvalue weighted by atomic mass is 10.3. The summed E-state index contributed by atoms with van der Waals surface area (Å²) in [4.78, 5) is 23.8. The zero-order valence-electron chi connectivity index (χ0n) is 8.15. The van der Waals surface area contributed by atoms with Gasteiger partial charge in [0.05, 0.1) is 0 Å². The first-order chi connectivity index (χ1) is 6.59. The molecule has 1 saturated heterocycles. The SMILES string of the molecule is Cc1cc(N2CCC(=O)C2=O)nn1C. The molecular formula is C9H11N3O2. The van der Waals surface area contributed by atoms with Crippen LogP contribution in [0.25, 0.3) is 0 Å². The molecule has 0 atom stereocenters. The molecule has 1 aliphatic heterocycles. The molecule has 0 radical (unpaired) electrons. The molecule has 0 unspecified atom stereocenters. The number of anilines is 1. The van der Waals surface area contributed by atoms with E-state index in [1.54, 1.807) is 17.8 Å². The van der Waals surface area contributed by atoms with Gasteiger partial charge in [-0.3, -0.25) is 19.2 Å². The number of ketones is 1. The first-order valence-electron chi connectivity index (χ1n) is 4.45. The van der Waals surface area contributed by atoms with Crippen molar-refractivity contribution in [2.75, 3.05) is 11.4 Å². The summed E-state index contributed by atoms with van der Waals surface area (Å²) in [6.07, 6.45) is 0.300. The average Bonchev–Trinajstić information content (AvgIpc) is 2.61. The molecule has 74 valence electrons. The second-order valence-corrected chi connectivity index (χ2v) is 3.40. The van der Waals surface area contributed by atoms with Gasteiger partial charge in [-0.1, -0.05) is 0 Å². The van der Waals surface area contributed by atoms with E-state index in [1.807, 2.05) is 6.92 Å². The van der Waals surface area contributed by atoms with Crippen molar-refractivity contribution < 1.29 is 9.59 Å². The van der Waals surface area contributed by atoms with E-state index in [0.717, 1.165) is 5.69 Å². The summed E-state index contributed by atoms with van der Waals surface area (Å²) in [7, 11) is 1.81. The molecule has 1 aromatic heterocycles. The number of rotatable bonds is 1. The Morgan fingerprint density at radius 2 is 2.14 bits per heavy atom. The van der Waals surface area contributed by atoms with Gasteiger partial charge in [0.15, 0.2) is 5.82 Å². The number of hydrogen-bond donors (Lipinski definition) is 0. The summed E-state index contributed by atoms with van der Waals surface area (Å²) in [6.45, 7) is 2.35. The van der Waals surface area contributed by atoms with Crippen LogP contribution in [-0.2, 0) is 16.6 Å². The van der Waals surface area contributed by atoms with Crippen LogP contribution in [0.1, 0.15) is 12.1 Å². The number of Topliss-reactive ketones (excluding diaryl/α,β-unsaturated/α-hetero) is 1. The van der Waals surface area contributed by atoms with Crippen molar-refractivity contribution in [1.29, 1.82) is 0 Å². The van der Waals surface area contributed by atoms with Crippen LogP contribution in [0.2, 0.25) is 0 Å². The molecule has 0 saturated carbocycles. The van der Waals surface area contributed by atoms with Crippen LogP contribution in [0.4, 0.5) is 5.82 Å². The Morgan fingerprint density at radius 1 is 1.43 bits per heavy atom. The fourth-order valence-electron chi connectivity index (χ4n) is 1.46. The van der Waals surface area contributed by atoms with E-state index in [0.29, 0.717) is 18.8 Å². The minimum absolute atomic E-state index is 0.300. The number of aryl methyl sites for hydroxylation is 2. The third-order valence-corrected chi connectivity index (χ3v) is 2.42. The maximum Gasteiger partial charge on any atom is 0.295 e. The maximum absolute atomic E-state index is 11.4. The Morgan fingerprint density at radius 3 is 2.57 bits per heavy atom. The van der Waals surface area contributed by atoms with Gasteiger partial charge >= 0.3 is 0 Å². The minimum atomic E-state index is -0.442. The van der Waals surface area contributed by atoms with Crippen molar-refractivity contribution >= 4 is 17.5 Å². The van der Waals surface area contributed by atoms with Gasteiger partial charge < -0.3 is 0 Å². The van der Waals surface area contributed by atoms with Gasteiger partial charge in [0.2, 0.25) is 5.78 Å². The van der Waals surface area contributed by atoms with Crippen LogP contribution in [0.3, 0.4) is 0 Å². The highest BCUT2D eigenvalue weighted by Gasteiger charge is 2.31. The standard InChI is InChI=1S/C9H11N3O2/c1-6-5-8(10-11(6)2)12-4-3-7(13)9(12)14/h5H,3-4H2,1-2H3. The number of hydrogen-bond acceptors (Lipinski definition) is 3. The Balaban J connectivity index is 2.32. The predicted octanol–water partition coefficient (Wildman–Crippen LogP) is 0.0343. The van der Waals surface area contributed by atoms with Crippen LogP contribution >= 0.6 is 0 Å². The third-order valence-electron chi connectivity index (χ3n) is 2.42. The van der Waals surface area contributed by atoms with E-state index in [-0.39, 0.29) is 5.78 Å². The topological polar surface area (TPSA) is 55.2 Å². The first kappa shape index (κ1) is 8.93. The maximum atomic E-state index is 11.4. The van der Waals surface area contributed by atoms with E-state index in [4.69, 9.17) is 0 Å². The molecule has 0 spiro atoms. The van der Waals surface area contributed by atoms with Gasteiger partial charge in [-0.15, -0.1) is 0 Å². The molecule has 1 fully saturated rings. The molecule has 1 aromatic rings. The molecule has 5 nitrogen and oxygen atoms in total. The monoisotopic (exact) mass is 193 g/mol. The number of carbonyl (C=O) groups excluding carboxylic acids is 2. The van der Waals surface area contributed by atoms with E-state index < -0.39 is 5.91 Å². The van der Waals surface area contributed by atoms with Crippen LogP contribution in [0, 0.1) is 6.92 Å². The molecule has 0 aromatic carbocycles. The summed E-state index contributed by atoms with van der Waals surface area (Å²) < 4.78 is 1.69. The molecule has 5 heteroatoms. The van der Waals surface area contributed by atoms with Crippen molar-refractivity contribution in [3.8, 4) is 0 Å². The molecule has 1 aliphatic rings. The number of amides is 1. The summed E-state index contributed by atoms with van der Waals surface area (Å²) in [5.41, 5.74) is 0.965. The van der Waals surface area contributed by atoms with E-state index in [1.165, 1.54) is 4.90 Å². The summed E-state index contributed by atoms with van der Waals surface area (Å²) in [5.74, 6) is -0.197. The Kier molecular flexibility index (Phi) is 1.87. The molecule has 0 bridgehead atoms. The molecular weight excluding hydrogens is 182 g/mol. The van der Waals surface area contributed by atoms with Crippen molar-refractivity contribution in [3.63, 3.8) is 0 Å². The fourth-order valence-corrected chi connectivity index (χ4v) is 1.46. The Hall–Kier alpha value is -1.65. The highest BCUT2D eigenvalue weighted by atomic mass is 16.2. The third kappa shape index (κ3) is 1.21. The normalized spacial score (nSPS) is 16.9. The Bertz CT molecular complexity index is 389. The lowest BCUT2D eigenvalue weighted by Gasteiger charge is -2.09. The van der Waals surface area contributed by atoms with Crippen molar-refractivity contribution in [3.05, 3.63) is 11.8 Å². The van der Waals surface area contributed by atoms with Gasteiger partial charge in [0.25, 0.3) is 5.91 Å². The molecule has 14 heavy (non-hydrogen) atoms. The number of carbonyl (C=O) groups is 2. The van der Waals surface area contributed by atoms with Gasteiger partial charge in [-0.25, -0.2) is 0 Å². The summed E-state index contributed by atoms with van der Waals surface area (Å²) in [6, 6.07) is 1.80. The van der Waals surface area contributed by atoms with Crippen molar-refractivity contribution in [2.24, 2.45) is 7.05 Å². The highest BCUT2D eigenvalue weighted by Crippen LogP contribution is 2.18.